The number of piperidine rings is 3. The SMILES string of the molecule is Cc1ccc(C(=O)O)c(N2C[C@H]3C[C@@H](C2)[C@H](CCC(C)C)N2C(=O)CCC[C@@H]32)n1. The molecule has 4 rings (SSSR count). The number of hydrogen-bond donors (Lipinski definition) is 1. The highest BCUT2D eigenvalue weighted by molar-refractivity contribution is 5.93. The summed E-state index contributed by atoms with van der Waals surface area (Å²) in [5.41, 5.74) is 1.12. The number of fused-ring (bicyclic) bond motifs is 4. The van der Waals surface area contributed by atoms with Crippen molar-refractivity contribution < 1.29 is 14.7 Å². The molecule has 0 unspecified atom stereocenters. The van der Waals surface area contributed by atoms with Crippen molar-refractivity contribution in [3.63, 3.8) is 0 Å². The summed E-state index contributed by atoms with van der Waals surface area (Å²) in [6.45, 7) is 7.96. The third-order valence-electron chi connectivity index (χ3n) is 7.08. The van der Waals surface area contributed by atoms with Crippen LogP contribution in [0.2, 0.25) is 0 Å². The number of nitrogens with zero attached hydrogens (tertiary/aromatic N) is 3. The average molecular weight is 400 g/mol. The Morgan fingerprint density at radius 2 is 2.03 bits per heavy atom. The smallest absolute Gasteiger partial charge is 0.339 e. The Kier molecular flexibility index (Phi) is 5.54. The average Bonchev–Trinajstić information content (AvgIpc) is 2.67. The van der Waals surface area contributed by atoms with E-state index >= 15 is 0 Å². The summed E-state index contributed by atoms with van der Waals surface area (Å²) in [5.74, 6) is 1.41. The fraction of sp³-hybridized carbons (Fsp3) is 0.696. The minimum atomic E-state index is -0.922. The van der Waals surface area contributed by atoms with Crippen LogP contribution in [0.15, 0.2) is 12.1 Å². The number of hydrogen-bond acceptors (Lipinski definition) is 4. The summed E-state index contributed by atoms with van der Waals surface area (Å²) in [6, 6.07) is 4.01. The molecule has 6 heteroatoms. The van der Waals surface area contributed by atoms with Crippen LogP contribution in [0.25, 0.3) is 0 Å². The summed E-state index contributed by atoms with van der Waals surface area (Å²) in [7, 11) is 0. The summed E-state index contributed by atoms with van der Waals surface area (Å²) in [6.07, 6.45) is 6.02. The van der Waals surface area contributed by atoms with Crippen LogP contribution in [0, 0.1) is 24.7 Å². The summed E-state index contributed by atoms with van der Waals surface area (Å²) >= 11 is 0. The number of carbonyl (C=O) groups is 2. The van der Waals surface area contributed by atoms with Crippen molar-refractivity contribution in [2.24, 2.45) is 17.8 Å². The van der Waals surface area contributed by atoms with Crippen molar-refractivity contribution in [1.29, 1.82) is 0 Å². The van der Waals surface area contributed by atoms with E-state index in [0.29, 0.717) is 41.9 Å². The molecule has 3 aliphatic rings. The molecule has 0 saturated carbocycles. The van der Waals surface area contributed by atoms with Crippen molar-refractivity contribution in [2.45, 2.75) is 71.4 Å². The third kappa shape index (κ3) is 3.86. The molecule has 0 aliphatic carbocycles. The lowest BCUT2D eigenvalue weighted by Gasteiger charge is -2.57. The highest BCUT2D eigenvalue weighted by Crippen LogP contribution is 2.44. The van der Waals surface area contributed by atoms with Gasteiger partial charge in [-0.05, 0) is 68.9 Å². The normalized spacial score (nSPS) is 29.2. The summed E-state index contributed by atoms with van der Waals surface area (Å²) in [5, 5.41) is 9.69. The Labute approximate surface area is 173 Å². The lowest BCUT2D eigenvalue weighted by molar-refractivity contribution is -0.149. The molecule has 0 aromatic carbocycles. The first-order chi connectivity index (χ1) is 13.8. The summed E-state index contributed by atoms with van der Waals surface area (Å²) in [4.78, 5) is 33.8. The van der Waals surface area contributed by atoms with Gasteiger partial charge in [0.1, 0.15) is 11.4 Å². The molecule has 4 atom stereocenters. The molecule has 4 heterocycles. The molecule has 3 saturated heterocycles. The van der Waals surface area contributed by atoms with E-state index in [0.717, 1.165) is 50.9 Å². The number of aryl methyl sites for hydroxylation is 1. The van der Waals surface area contributed by atoms with Gasteiger partial charge in [-0.15, -0.1) is 0 Å². The van der Waals surface area contributed by atoms with E-state index in [2.05, 4.69) is 28.6 Å². The molecule has 29 heavy (non-hydrogen) atoms. The largest absolute Gasteiger partial charge is 0.478 e. The molecule has 6 nitrogen and oxygen atoms in total. The molecule has 3 aliphatic heterocycles. The van der Waals surface area contributed by atoms with Crippen LogP contribution in [-0.4, -0.2) is 52.0 Å². The van der Waals surface area contributed by atoms with Crippen LogP contribution < -0.4 is 4.90 Å². The van der Waals surface area contributed by atoms with Gasteiger partial charge < -0.3 is 14.9 Å². The molecule has 2 bridgehead atoms. The zero-order valence-electron chi connectivity index (χ0n) is 17.8. The number of anilines is 1. The number of carboxylic acids is 1. The monoisotopic (exact) mass is 399 g/mol. The number of aromatic carboxylic acids is 1. The van der Waals surface area contributed by atoms with Gasteiger partial charge in [-0.1, -0.05) is 13.8 Å². The predicted octanol–water partition coefficient (Wildman–Crippen LogP) is 3.73. The zero-order chi connectivity index (χ0) is 20.7. The molecular formula is C23H33N3O3. The second-order valence-electron chi connectivity index (χ2n) is 9.59. The van der Waals surface area contributed by atoms with Crippen molar-refractivity contribution in [1.82, 2.24) is 9.88 Å². The fourth-order valence-corrected chi connectivity index (χ4v) is 5.78. The van der Waals surface area contributed by atoms with Gasteiger partial charge in [0.25, 0.3) is 0 Å². The molecule has 1 aromatic heterocycles. The van der Waals surface area contributed by atoms with Crippen LogP contribution in [-0.2, 0) is 4.79 Å². The predicted molar refractivity (Wildman–Crippen MR) is 112 cm³/mol. The first-order valence-corrected chi connectivity index (χ1v) is 11.1. The van der Waals surface area contributed by atoms with E-state index < -0.39 is 5.97 Å². The minimum absolute atomic E-state index is 0.271. The second-order valence-corrected chi connectivity index (χ2v) is 9.59. The lowest BCUT2D eigenvalue weighted by atomic mass is 9.70. The molecular weight excluding hydrogens is 366 g/mol. The molecule has 3 fully saturated rings. The molecule has 0 spiro atoms. The first kappa shape index (κ1) is 20.2. The van der Waals surface area contributed by atoms with Gasteiger partial charge >= 0.3 is 5.97 Å². The number of carboxylic acid groups (broad SMARTS) is 1. The number of carbonyl (C=O) groups excluding carboxylic acids is 1. The van der Waals surface area contributed by atoms with Gasteiger partial charge in [0.2, 0.25) is 5.91 Å². The van der Waals surface area contributed by atoms with Gasteiger partial charge in [0.15, 0.2) is 0 Å². The minimum Gasteiger partial charge on any atom is -0.478 e. The lowest BCUT2D eigenvalue weighted by Crippen LogP contribution is -2.65. The van der Waals surface area contributed by atoms with E-state index in [1.54, 1.807) is 12.1 Å². The van der Waals surface area contributed by atoms with Crippen molar-refractivity contribution >= 4 is 17.7 Å². The first-order valence-electron chi connectivity index (χ1n) is 11.1. The van der Waals surface area contributed by atoms with Gasteiger partial charge in [-0.2, -0.15) is 0 Å². The molecule has 158 valence electrons. The van der Waals surface area contributed by atoms with Crippen molar-refractivity contribution in [2.75, 3.05) is 18.0 Å². The number of rotatable bonds is 5. The van der Waals surface area contributed by atoms with Gasteiger partial charge in [0.05, 0.1) is 0 Å². The van der Waals surface area contributed by atoms with Crippen LogP contribution in [0.1, 0.15) is 68.4 Å². The van der Waals surface area contributed by atoms with Gasteiger partial charge in [0, 0.05) is 37.3 Å². The van der Waals surface area contributed by atoms with E-state index in [1.165, 1.54) is 0 Å². The highest BCUT2D eigenvalue weighted by atomic mass is 16.4. The second kappa shape index (κ2) is 7.96. The van der Waals surface area contributed by atoms with Crippen molar-refractivity contribution in [3.05, 3.63) is 23.4 Å². The van der Waals surface area contributed by atoms with E-state index in [1.807, 2.05) is 6.92 Å². The fourth-order valence-electron chi connectivity index (χ4n) is 5.78. The van der Waals surface area contributed by atoms with E-state index in [4.69, 9.17) is 0 Å². The quantitative estimate of drug-likeness (QED) is 0.817. The Morgan fingerprint density at radius 1 is 1.28 bits per heavy atom. The van der Waals surface area contributed by atoms with E-state index in [9.17, 15) is 14.7 Å². The summed E-state index contributed by atoms with van der Waals surface area (Å²) < 4.78 is 0. The molecule has 1 N–H and O–H groups in total. The van der Waals surface area contributed by atoms with Gasteiger partial charge in [-0.25, -0.2) is 9.78 Å². The maximum atomic E-state index is 12.9. The maximum absolute atomic E-state index is 12.9. The molecule has 1 amide bonds. The number of pyridine rings is 1. The van der Waals surface area contributed by atoms with E-state index in [-0.39, 0.29) is 11.6 Å². The molecule has 1 aromatic rings. The topological polar surface area (TPSA) is 73.7 Å². The van der Waals surface area contributed by atoms with Crippen LogP contribution >= 0.6 is 0 Å². The number of aromatic nitrogens is 1. The van der Waals surface area contributed by atoms with Gasteiger partial charge in [-0.3, -0.25) is 4.79 Å². The number of amides is 1. The van der Waals surface area contributed by atoms with Crippen LogP contribution in [0.4, 0.5) is 5.82 Å². The van der Waals surface area contributed by atoms with Crippen molar-refractivity contribution in [3.8, 4) is 0 Å². The molecule has 0 radical (unpaired) electrons. The Bertz CT molecular complexity index is 794. The highest BCUT2D eigenvalue weighted by Gasteiger charge is 2.49. The van der Waals surface area contributed by atoms with Crippen LogP contribution in [0.3, 0.4) is 0 Å². The zero-order valence-corrected chi connectivity index (χ0v) is 17.8. The Hall–Kier alpha value is -2.11. The maximum Gasteiger partial charge on any atom is 0.339 e. The Balaban J connectivity index is 1.66. The third-order valence-corrected chi connectivity index (χ3v) is 7.08. The van der Waals surface area contributed by atoms with Crippen LogP contribution in [0.5, 0.6) is 0 Å². The standard InChI is InChI=1S/C23H33N3O3/c1-14(2)7-10-20-17-11-16(19-5-4-6-21(27)26(19)20)12-25(13-17)22-18(23(28)29)9-8-15(3)24-22/h8-9,14,16-17,19-20H,4-7,10-13H2,1-3H3,(H,28,29)/t16-,17+,19+,20+/m1/s1. The Morgan fingerprint density at radius 3 is 2.76 bits per heavy atom.